The number of aromatic hydroxyl groups is 1. The molecule has 8 heteroatoms. The van der Waals surface area contributed by atoms with E-state index in [-0.39, 0.29) is 30.3 Å². The molecule has 1 saturated heterocycles. The van der Waals surface area contributed by atoms with Crippen molar-refractivity contribution < 1.29 is 14.6 Å². The predicted molar refractivity (Wildman–Crippen MR) is 116 cm³/mol. The lowest BCUT2D eigenvalue weighted by Crippen LogP contribution is -2.36. The van der Waals surface area contributed by atoms with E-state index in [0.29, 0.717) is 11.7 Å². The van der Waals surface area contributed by atoms with Crippen molar-refractivity contribution in [1.29, 1.82) is 0 Å². The minimum absolute atomic E-state index is 0.0361. The number of nitrogens with one attached hydrogen (secondary N) is 1. The molecule has 0 aliphatic carbocycles. The summed E-state index contributed by atoms with van der Waals surface area (Å²) in [7, 11) is 0. The molecule has 0 radical (unpaired) electrons. The van der Waals surface area contributed by atoms with E-state index in [1.165, 1.54) is 0 Å². The van der Waals surface area contributed by atoms with Gasteiger partial charge >= 0.3 is 5.97 Å². The number of thiocarbonyl (C=S) groups is 1. The van der Waals surface area contributed by atoms with Gasteiger partial charge in [-0.25, -0.2) is 0 Å². The van der Waals surface area contributed by atoms with Gasteiger partial charge in [0.1, 0.15) is 12.3 Å². The molecule has 0 spiro atoms. The van der Waals surface area contributed by atoms with Crippen molar-refractivity contribution in [3.63, 3.8) is 0 Å². The molecule has 0 amide bonds. The van der Waals surface area contributed by atoms with E-state index in [0.717, 1.165) is 17.1 Å². The highest BCUT2D eigenvalue weighted by molar-refractivity contribution is 7.80. The first-order valence-corrected chi connectivity index (χ1v) is 10.1. The Morgan fingerprint density at radius 1 is 1.20 bits per heavy atom. The number of pyridine rings is 1. The van der Waals surface area contributed by atoms with Crippen LogP contribution < -0.4 is 5.32 Å². The fourth-order valence-corrected chi connectivity index (χ4v) is 4.03. The van der Waals surface area contributed by atoms with Crippen LogP contribution in [0.25, 0.3) is 5.69 Å². The van der Waals surface area contributed by atoms with Crippen molar-refractivity contribution >= 4 is 23.3 Å². The van der Waals surface area contributed by atoms with Gasteiger partial charge in [0.2, 0.25) is 0 Å². The molecule has 1 fully saturated rings. The summed E-state index contributed by atoms with van der Waals surface area (Å²) in [4.78, 5) is 18.7. The highest BCUT2D eigenvalue weighted by Crippen LogP contribution is 2.39. The third-order valence-electron chi connectivity index (χ3n) is 5.01. The SMILES string of the molecule is CCOC(=O)CN1C(=S)N[C@@H](c2ccccn2)[C@@H]1c1cccn1-c1ccc(O)cc1. The molecular formula is C22H22N4O3S. The Labute approximate surface area is 179 Å². The van der Waals surface area contributed by atoms with Crippen molar-refractivity contribution in [3.8, 4) is 11.4 Å². The summed E-state index contributed by atoms with van der Waals surface area (Å²) in [5.74, 6) is -0.137. The lowest BCUT2D eigenvalue weighted by molar-refractivity contribution is -0.143. The van der Waals surface area contributed by atoms with Gasteiger partial charge in [-0.15, -0.1) is 0 Å². The van der Waals surface area contributed by atoms with Crippen LogP contribution in [0.4, 0.5) is 0 Å². The van der Waals surface area contributed by atoms with Crippen molar-refractivity contribution in [2.75, 3.05) is 13.2 Å². The molecule has 4 rings (SSSR count). The lowest BCUT2D eigenvalue weighted by Gasteiger charge is -2.28. The second kappa shape index (κ2) is 8.54. The second-order valence-electron chi connectivity index (χ2n) is 6.88. The molecular weight excluding hydrogens is 400 g/mol. The molecule has 154 valence electrons. The minimum atomic E-state index is -0.337. The zero-order chi connectivity index (χ0) is 21.1. The first kappa shape index (κ1) is 19.9. The summed E-state index contributed by atoms with van der Waals surface area (Å²) in [5.41, 5.74) is 2.66. The van der Waals surface area contributed by atoms with E-state index in [4.69, 9.17) is 17.0 Å². The minimum Gasteiger partial charge on any atom is -0.508 e. The number of phenols is 1. The van der Waals surface area contributed by atoms with E-state index < -0.39 is 0 Å². The first-order chi connectivity index (χ1) is 14.6. The molecule has 2 N–H and O–H groups in total. The zero-order valence-corrected chi connectivity index (χ0v) is 17.2. The number of hydrogen-bond donors (Lipinski definition) is 2. The molecule has 1 aliphatic rings. The number of benzene rings is 1. The standard InChI is InChI=1S/C22H22N4O3S/c1-2-29-19(28)14-26-21(20(24-22(26)30)17-6-3-4-12-23-17)18-7-5-13-25(18)15-8-10-16(27)11-9-15/h3-13,20-21,27H,2,14H2,1H3,(H,24,30)/t20-,21-/m0/s1. The largest absolute Gasteiger partial charge is 0.508 e. The van der Waals surface area contributed by atoms with Crippen LogP contribution in [0, 0.1) is 0 Å². The number of phenolic OH excluding ortho intramolecular Hbond substituents is 1. The molecule has 1 aliphatic heterocycles. The normalized spacial score (nSPS) is 18.3. The van der Waals surface area contributed by atoms with Crippen LogP contribution in [0.5, 0.6) is 5.75 Å². The van der Waals surface area contributed by atoms with Gasteiger partial charge in [0.05, 0.1) is 24.4 Å². The maximum absolute atomic E-state index is 12.3. The summed E-state index contributed by atoms with van der Waals surface area (Å²) in [6.45, 7) is 2.13. The van der Waals surface area contributed by atoms with Crippen molar-refractivity contribution in [2.45, 2.75) is 19.0 Å². The van der Waals surface area contributed by atoms with Gasteiger partial charge in [0.15, 0.2) is 5.11 Å². The molecule has 3 aromatic rings. The number of rotatable bonds is 6. The summed E-state index contributed by atoms with van der Waals surface area (Å²) >= 11 is 5.59. The highest BCUT2D eigenvalue weighted by Gasteiger charge is 2.42. The van der Waals surface area contributed by atoms with Crippen LogP contribution in [0.3, 0.4) is 0 Å². The van der Waals surface area contributed by atoms with Gasteiger partial charge in [0, 0.05) is 23.8 Å². The van der Waals surface area contributed by atoms with Gasteiger partial charge in [-0.3, -0.25) is 9.78 Å². The smallest absolute Gasteiger partial charge is 0.325 e. The molecule has 1 aromatic carbocycles. The van der Waals surface area contributed by atoms with E-state index in [1.807, 2.05) is 58.1 Å². The molecule has 2 aromatic heterocycles. The van der Waals surface area contributed by atoms with Crippen LogP contribution in [-0.2, 0) is 9.53 Å². The fourth-order valence-electron chi connectivity index (χ4n) is 3.73. The number of aromatic nitrogens is 2. The van der Waals surface area contributed by atoms with Crippen molar-refractivity contribution in [3.05, 3.63) is 78.4 Å². The average Bonchev–Trinajstić information content (AvgIpc) is 3.34. The van der Waals surface area contributed by atoms with E-state index in [2.05, 4.69) is 10.3 Å². The monoisotopic (exact) mass is 422 g/mol. The molecule has 0 saturated carbocycles. The average molecular weight is 423 g/mol. The quantitative estimate of drug-likeness (QED) is 0.467. The number of nitrogens with zero attached hydrogens (tertiary/aromatic N) is 3. The van der Waals surface area contributed by atoms with Crippen LogP contribution in [0.2, 0.25) is 0 Å². The number of carbonyl (C=O) groups excluding carboxylic acids is 1. The van der Waals surface area contributed by atoms with Gasteiger partial charge in [-0.1, -0.05) is 6.07 Å². The van der Waals surface area contributed by atoms with Gasteiger partial charge < -0.3 is 24.6 Å². The highest BCUT2D eigenvalue weighted by atomic mass is 32.1. The second-order valence-corrected chi connectivity index (χ2v) is 7.27. The molecule has 0 bridgehead atoms. The van der Waals surface area contributed by atoms with Crippen LogP contribution in [-0.4, -0.2) is 43.8 Å². The maximum Gasteiger partial charge on any atom is 0.325 e. The Morgan fingerprint density at radius 3 is 2.70 bits per heavy atom. The summed E-state index contributed by atoms with van der Waals surface area (Å²) in [6.07, 6.45) is 3.69. The Bertz CT molecular complexity index is 1040. The van der Waals surface area contributed by atoms with Gasteiger partial charge in [0.25, 0.3) is 0 Å². The molecule has 0 unspecified atom stereocenters. The van der Waals surface area contributed by atoms with Crippen LogP contribution in [0.1, 0.15) is 30.4 Å². The number of esters is 1. The number of ether oxygens (including phenoxy) is 1. The number of hydrogen-bond acceptors (Lipinski definition) is 5. The Morgan fingerprint density at radius 2 is 2.00 bits per heavy atom. The van der Waals surface area contributed by atoms with E-state index in [9.17, 15) is 9.90 Å². The lowest BCUT2D eigenvalue weighted by atomic mass is 10.0. The van der Waals surface area contributed by atoms with Gasteiger partial charge in [-0.05, 0) is 67.7 Å². The topological polar surface area (TPSA) is 79.6 Å². The maximum atomic E-state index is 12.3. The Kier molecular flexibility index (Phi) is 5.67. The predicted octanol–water partition coefficient (Wildman–Crippen LogP) is 3.11. The summed E-state index contributed by atoms with van der Waals surface area (Å²) < 4.78 is 7.19. The third-order valence-corrected chi connectivity index (χ3v) is 5.37. The Hall–Kier alpha value is -3.39. The van der Waals surface area contributed by atoms with Crippen molar-refractivity contribution in [2.24, 2.45) is 0 Å². The van der Waals surface area contributed by atoms with Crippen LogP contribution >= 0.6 is 12.2 Å². The fraction of sp³-hybridized carbons (Fsp3) is 0.227. The summed E-state index contributed by atoms with van der Waals surface area (Å²) in [5, 5.41) is 13.4. The van der Waals surface area contributed by atoms with Gasteiger partial charge in [-0.2, -0.15) is 0 Å². The van der Waals surface area contributed by atoms with E-state index in [1.54, 1.807) is 25.3 Å². The van der Waals surface area contributed by atoms with Crippen LogP contribution in [0.15, 0.2) is 67.0 Å². The number of carbonyl (C=O) groups is 1. The van der Waals surface area contributed by atoms with Crippen molar-refractivity contribution in [1.82, 2.24) is 19.8 Å². The van der Waals surface area contributed by atoms with E-state index >= 15 is 0 Å². The summed E-state index contributed by atoms with van der Waals surface area (Å²) in [6, 6.07) is 16.1. The molecule has 3 heterocycles. The third kappa shape index (κ3) is 3.86. The first-order valence-electron chi connectivity index (χ1n) is 9.69. The zero-order valence-electron chi connectivity index (χ0n) is 16.4. The Balaban J connectivity index is 1.77. The molecule has 7 nitrogen and oxygen atoms in total. The molecule has 30 heavy (non-hydrogen) atoms. The molecule has 2 atom stereocenters.